The van der Waals surface area contributed by atoms with Crippen molar-refractivity contribution in [3.8, 4) is 5.75 Å². The number of nitrogens with zero attached hydrogens (tertiary/aromatic N) is 1. The number of nitrogens with one attached hydrogen (secondary N) is 1. The maximum absolute atomic E-state index is 5.80. The van der Waals surface area contributed by atoms with E-state index in [2.05, 4.69) is 10.3 Å². The minimum atomic E-state index is 0.479. The van der Waals surface area contributed by atoms with Crippen LogP contribution in [0.1, 0.15) is 5.56 Å². The first-order valence-electron chi connectivity index (χ1n) is 6.34. The van der Waals surface area contributed by atoms with Crippen LogP contribution in [0.25, 0.3) is 0 Å². The fourth-order valence-electron chi connectivity index (χ4n) is 1.73. The van der Waals surface area contributed by atoms with Crippen LogP contribution in [0.2, 0.25) is 5.15 Å². The van der Waals surface area contributed by atoms with Crippen LogP contribution in [0.5, 0.6) is 5.75 Å². The predicted molar refractivity (Wildman–Crippen MR) is 80.4 cm³/mol. The fraction of sp³-hybridized carbons (Fsp3) is 0.267. The van der Waals surface area contributed by atoms with Gasteiger partial charge in [0.15, 0.2) is 0 Å². The van der Waals surface area contributed by atoms with E-state index in [-0.39, 0.29) is 0 Å². The monoisotopic (exact) mass is 292 g/mol. The molecule has 2 aromatic rings. The molecule has 2 rings (SSSR count). The molecule has 0 unspecified atom stereocenters. The van der Waals surface area contributed by atoms with Crippen molar-refractivity contribution in [3.05, 3.63) is 53.3 Å². The van der Waals surface area contributed by atoms with Gasteiger partial charge in [0.25, 0.3) is 0 Å². The number of halogens is 1. The van der Waals surface area contributed by atoms with E-state index in [1.165, 1.54) is 0 Å². The summed E-state index contributed by atoms with van der Waals surface area (Å²) >= 11 is 5.80. The van der Waals surface area contributed by atoms with Gasteiger partial charge in [-0.3, -0.25) is 0 Å². The van der Waals surface area contributed by atoms with Crippen molar-refractivity contribution in [2.45, 2.75) is 6.61 Å². The molecule has 0 saturated carbocycles. The maximum atomic E-state index is 5.80. The molecule has 0 fully saturated rings. The molecule has 0 aliphatic heterocycles. The zero-order valence-electron chi connectivity index (χ0n) is 11.3. The largest absolute Gasteiger partial charge is 0.497 e. The molecule has 4 nitrogen and oxygen atoms in total. The Morgan fingerprint density at radius 2 is 2.15 bits per heavy atom. The number of hydrogen-bond donors (Lipinski definition) is 1. The fourth-order valence-corrected chi connectivity index (χ4v) is 1.91. The van der Waals surface area contributed by atoms with E-state index in [9.17, 15) is 0 Å². The van der Waals surface area contributed by atoms with Crippen molar-refractivity contribution in [1.82, 2.24) is 4.98 Å². The second-order valence-electron chi connectivity index (χ2n) is 4.20. The second-order valence-corrected chi connectivity index (χ2v) is 4.59. The zero-order valence-corrected chi connectivity index (χ0v) is 12.1. The highest BCUT2D eigenvalue weighted by Crippen LogP contribution is 2.13. The van der Waals surface area contributed by atoms with Crippen LogP contribution < -0.4 is 10.1 Å². The van der Waals surface area contributed by atoms with E-state index in [0.29, 0.717) is 24.9 Å². The topological polar surface area (TPSA) is 43.4 Å². The number of rotatable bonds is 7. The number of aromatic nitrogens is 1. The van der Waals surface area contributed by atoms with E-state index >= 15 is 0 Å². The molecule has 1 aromatic heterocycles. The first kappa shape index (κ1) is 14.6. The summed E-state index contributed by atoms with van der Waals surface area (Å²) in [5.41, 5.74) is 2.03. The van der Waals surface area contributed by atoms with Crippen molar-refractivity contribution < 1.29 is 9.47 Å². The highest BCUT2D eigenvalue weighted by molar-refractivity contribution is 6.29. The molecule has 0 saturated heterocycles. The van der Waals surface area contributed by atoms with Gasteiger partial charge in [0.1, 0.15) is 10.9 Å². The molecule has 0 radical (unpaired) electrons. The molecule has 1 aromatic carbocycles. The van der Waals surface area contributed by atoms with Gasteiger partial charge in [-0.15, -0.1) is 0 Å². The summed E-state index contributed by atoms with van der Waals surface area (Å²) in [6, 6.07) is 11.5. The third-order valence-corrected chi connectivity index (χ3v) is 2.91. The van der Waals surface area contributed by atoms with E-state index in [4.69, 9.17) is 21.1 Å². The molecule has 1 N–H and O–H groups in total. The van der Waals surface area contributed by atoms with E-state index < -0.39 is 0 Å². The Balaban J connectivity index is 1.68. The van der Waals surface area contributed by atoms with Crippen LogP contribution >= 0.6 is 11.6 Å². The third-order valence-electron chi connectivity index (χ3n) is 2.70. The Kier molecular flexibility index (Phi) is 5.65. The van der Waals surface area contributed by atoms with Crippen LogP contribution in [0.3, 0.4) is 0 Å². The Hall–Kier alpha value is -1.78. The maximum Gasteiger partial charge on any atom is 0.131 e. The van der Waals surface area contributed by atoms with Gasteiger partial charge >= 0.3 is 0 Å². The number of ether oxygens (including phenoxy) is 2. The van der Waals surface area contributed by atoms with Gasteiger partial charge in [0, 0.05) is 18.4 Å². The summed E-state index contributed by atoms with van der Waals surface area (Å²) in [5.74, 6) is 0.843. The zero-order chi connectivity index (χ0) is 14.2. The van der Waals surface area contributed by atoms with Gasteiger partial charge in [0.2, 0.25) is 0 Å². The standard InChI is InChI=1S/C15H17ClN2O2/c1-19-14-4-2-3-12(9-14)11-20-8-7-17-13-5-6-18-15(16)10-13/h2-6,9-10H,7-8,11H2,1H3,(H,17,18). The lowest BCUT2D eigenvalue weighted by Gasteiger charge is -2.08. The first-order chi connectivity index (χ1) is 9.78. The van der Waals surface area contributed by atoms with Crippen molar-refractivity contribution in [2.24, 2.45) is 0 Å². The van der Waals surface area contributed by atoms with Gasteiger partial charge in [0.05, 0.1) is 20.3 Å². The molecule has 106 valence electrons. The second kappa shape index (κ2) is 7.72. The Labute approximate surface area is 123 Å². The predicted octanol–water partition coefficient (Wildman–Crippen LogP) is 3.37. The summed E-state index contributed by atoms with van der Waals surface area (Å²) in [7, 11) is 1.66. The number of hydrogen-bond acceptors (Lipinski definition) is 4. The van der Waals surface area contributed by atoms with Gasteiger partial charge in [-0.1, -0.05) is 23.7 Å². The molecule has 1 heterocycles. The molecule has 5 heteroatoms. The van der Waals surface area contributed by atoms with Gasteiger partial charge < -0.3 is 14.8 Å². The molecule has 20 heavy (non-hydrogen) atoms. The lowest BCUT2D eigenvalue weighted by molar-refractivity contribution is 0.130. The quantitative estimate of drug-likeness (QED) is 0.628. The highest BCUT2D eigenvalue weighted by atomic mass is 35.5. The van der Waals surface area contributed by atoms with Crippen LogP contribution in [-0.2, 0) is 11.3 Å². The van der Waals surface area contributed by atoms with Gasteiger partial charge in [-0.2, -0.15) is 0 Å². The minimum Gasteiger partial charge on any atom is -0.497 e. The summed E-state index contributed by atoms with van der Waals surface area (Å²) in [5, 5.41) is 3.70. The number of anilines is 1. The number of pyridine rings is 1. The van der Waals surface area contributed by atoms with Crippen molar-refractivity contribution in [3.63, 3.8) is 0 Å². The van der Waals surface area contributed by atoms with Crippen LogP contribution in [0.4, 0.5) is 5.69 Å². The molecule has 0 spiro atoms. The van der Waals surface area contributed by atoms with Crippen LogP contribution in [0.15, 0.2) is 42.6 Å². The average molecular weight is 293 g/mol. The molecule has 0 aliphatic rings. The Morgan fingerprint density at radius 3 is 2.95 bits per heavy atom. The van der Waals surface area contributed by atoms with Crippen molar-refractivity contribution in [1.29, 1.82) is 0 Å². The molecular weight excluding hydrogens is 276 g/mol. The van der Waals surface area contributed by atoms with Crippen LogP contribution in [0, 0.1) is 0 Å². The Bertz CT molecular complexity index is 549. The summed E-state index contributed by atoms with van der Waals surface area (Å²) in [6.45, 7) is 1.89. The first-order valence-corrected chi connectivity index (χ1v) is 6.72. The molecule has 0 aliphatic carbocycles. The molecule has 0 atom stereocenters. The minimum absolute atomic E-state index is 0.479. The SMILES string of the molecule is COc1cccc(COCCNc2ccnc(Cl)c2)c1. The van der Waals surface area contributed by atoms with E-state index in [1.54, 1.807) is 19.4 Å². The lowest BCUT2D eigenvalue weighted by atomic mass is 10.2. The van der Waals surface area contributed by atoms with Crippen molar-refractivity contribution in [2.75, 3.05) is 25.6 Å². The smallest absolute Gasteiger partial charge is 0.131 e. The molecular formula is C15H17ClN2O2. The Morgan fingerprint density at radius 1 is 1.25 bits per heavy atom. The average Bonchev–Trinajstić information content (AvgIpc) is 2.47. The molecule has 0 amide bonds. The molecule has 0 bridgehead atoms. The summed E-state index contributed by atoms with van der Waals surface area (Å²) in [4.78, 5) is 3.92. The normalized spacial score (nSPS) is 10.3. The van der Waals surface area contributed by atoms with Crippen molar-refractivity contribution >= 4 is 17.3 Å². The summed E-state index contributed by atoms with van der Waals surface area (Å²) in [6.07, 6.45) is 1.67. The van der Waals surface area contributed by atoms with Gasteiger partial charge in [-0.25, -0.2) is 4.98 Å². The summed E-state index contributed by atoms with van der Waals surface area (Å²) < 4.78 is 10.8. The third kappa shape index (κ3) is 4.72. The lowest BCUT2D eigenvalue weighted by Crippen LogP contribution is -2.09. The van der Waals surface area contributed by atoms with Gasteiger partial charge in [-0.05, 0) is 29.8 Å². The van der Waals surface area contributed by atoms with E-state index in [1.807, 2.05) is 30.3 Å². The highest BCUT2D eigenvalue weighted by Gasteiger charge is 1.97. The number of benzene rings is 1. The number of methoxy groups -OCH3 is 1. The van der Waals surface area contributed by atoms with Crippen LogP contribution in [-0.4, -0.2) is 25.2 Å². The van der Waals surface area contributed by atoms with E-state index in [0.717, 1.165) is 17.0 Å².